The molecule has 2 heteroatoms. The van der Waals surface area contributed by atoms with Gasteiger partial charge < -0.3 is 4.40 Å². The summed E-state index contributed by atoms with van der Waals surface area (Å²) in [5, 5.41) is 17.4. The third-order valence-electron chi connectivity index (χ3n) is 18.7. The molecule has 0 bridgehead atoms. The van der Waals surface area contributed by atoms with Crippen LogP contribution in [0.2, 0.25) is 0 Å². The third kappa shape index (κ3) is 5.59. The molecule has 0 fully saturated rings. The van der Waals surface area contributed by atoms with Gasteiger partial charge in [-0.15, -0.1) is 0 Å². The van der Waals surface area contributed by atoms with Gasteiger partial charge in [-0.2, -0.15) is 5.26 Å². The zero-order valence-corrected chi connectivity index (χ0v) is 43.9. The number of hydrogen-bond acceptors (Lipinski definition) is 1. The van der Waals surface area contributed by atoms with Crippen LogP contribution in [0.25, 0.3) is 82.6 Å². The summed E-state index contributed by atoms with van der Waals surface area (Å²) in [4.78, 5) is 0. The maximum atomic E-state index is 11.9. The second-order valence-electron chi connectivity index (χ2n) is 22.5. The SMILES string of the molecule is CCCCc1ccc2c(c1)C1(c3ccccc3-c3ccccc31)c1c(C#N)cc3c(c1-2)c1c(CCCC)cc(CCCC)c2c4cc5c(cc4n3c21)-c1ccccc1C51c2ccccc2-c2c(CCCC)cccc21. The maximum Gasteiger partial charge on any atom is 0.0996 e. The molecule has 4 aliphatic rings. The topological polar surface area (TPSA) is 28.2 Å². The van der Waals surface area contributed by atoms with Crippen molar-refractivity contribution in [2.45, 2.75) is 116 Å². The molecule has 1 unspecified atom stereocenters. The predicted octanol–water partition coefficient (Wildman–Crippen LogP) is 18.8. The van der Waals surface area contributed by atoms with Gasteiger partial charge in [0.1, 0.15) is 0 Å². The fraction of sp³-hybridized carbons (Fsp3) is 0.247. The molecule has 0 N–H and O–H groups in total. The monoisotopic (exact) mass is 966 g/mol. The number of unbranched alkanes of at least 4 members (excludes halogenated alkanes) is 4. The van der Waals surface area contributed by atoms with Crippen molar-refractivity contribution in [2.75, 3.05) is 0 Å². The Hall–Kier alpha value is -7.73. The fourth-order valence-corrected chi connectivity index (χ4v) is 15.8. The Balaban J connectivity index is 1.12. The first-order chi connectivity index (χ1) is 37.0. The zero-order valence-electron chi connectivity index (χ0n) is 43.9. The lowest BCUT2D eigenvalue weighted by atomic mass is 9.69. The molecule has 2 aromatic heterocycles. The van der Waals surface area contributed by atoms with Crippen LogP contribution in [-0.4, -0.2) is 4.40 Å². The molecule has 0 saturated heterocycles. The lowest BCUT2D eigenvalue weighted by Gasteiger charge is -2.31. The van der Waals surface area contributed by atoms with Crippen LogP contribution < -0.4 is 0 Å². The van der Waals surface area contributed by atoms with E-state index in [0.29, 0.717) is 0 Å². The molecule has 4 aliphatic carbocycles. The van der Waals surface area contributed by atoms with Crippen molar-refractivity contribution in [3.8, 4) is 50.6 Å². The standard InChI is InChI=1S/C73H62N2/c1-5-9-22-44-36-37-53-61(38-44)73(57-32-18-13-27-49(57)50-28-14-19-33-58(50)73)70-48(43-74)40-64-69(68(53)70)67-47(25-12-8-4)39-46(24-11-7-3)66-55-41-62-54(42-63(55)75(64)71(66)67)51-29-15-17-31-56(51)72(62)59-34-20-16-30-52(59)65-45(23-10-6-2)26-21-35-60(65)72/h13-21,26-42H,5-12,22-25H2,1-4H3. The number of aromatic nitrogens is 1. The highest BCUT2D eigenvalue weighted by Gasteiger charge is 2.55. The number of fused-ring (bicyclic) bond motifs is 27. The van der Waals surface area contributed by atoms with Gasteiger partial charge in [-0.05, 0) is 181 Å². The summed E-state index contributed by atoms with van der Waals surface area (Å²) < 4.78 is 2.66. The maximum absolute atomic E-state index is 11.9. The van der Waals surface area contributed by atoms with E-state index in [4.69, 9.17) is 0 Å². The molecule has 9 aromatic carbocycles. The number of nitriles is 1. The van der Waals surface area contributed by atoms with Crippen LogP contribution in [0.5, 0.6) is 0 Å². The molecule has 15 rings (SSSR count). The number of benzene rings is 9. The highest BCUT2D eigenvalue weighted by molar-refractivity contribution is 6.29. The summed E-state index contributed by atoms with van der Waals surface area (Å²) in [7, 11) is 0. The van der Waals surface area contributed by atoms with Gasteiger partial charge in [0.05, 0.1) is 39.0 Å². The first-order valence-electron chi connectivity index (χ1n) is 28.5. The number of hydrogen-bond donors (Lipinski definition) is 0. The first-order valence-corrected chi connectivity index (χ1v) is 28.5. The quantitative estimate of drug-likeness (QED) is 0.120. The lowest BCUT2D eigenvalue weighted by molar-refractivity contribution is 0.774. The highest BCUT2D eigenvalue weighted by Crippen LogP contribution is 2.67. The van der Waals surface area contributed by atoms with E-state index >= 15 is 0 Å². The normalized spacial score (nSPS) is 15.7. The van der Waals surface area contributed by atoms with Gasteiger partial charge >= 0.3 is 0 Å². The largest absolute Gasteiger partial charge is 0.308 e. The van der Waals surface area contributed by atoms with Gasteiger partial charge in [0, 0.05) is 21.5 Å². The van der Waals surface area contributed by atoms with Crippen LogP contribution >= 0.6 is 0 Å². The highest BCUT2D eigenvalue weighted by atomic mass is 14.9. The van der Waals surface area contributed by atoms with Crippen LogP contribution in [0.4, 0.5) is 0 Å². The molecule has 0 amide bonds. The lowest BCUT2D eigenvalue weighted by Crippen LogP contribution is -2.27. The van der Waals surface area contributed by atoms with Gasteiger partial charge in [0.15, 0.2) is 0 Å². The molecule has 2 nitrogen and oxygen atoms in total. The minimum atomic E-state index is -0.633. The third-order valence-corrected chi connectivity index (χ3v) is 18.7. The molecular weight excluding hydrogens is 905 g/mol. The van der Waals surface area contributed by atoms with Gasteiger partial charge in [-0.1, -0.05) is 193 Å². The van der Waals surface area contributed by atoms with Crippen molar-refractivity contribution in [3.63, 3.8) is 0 Å². The summed E-state index contributed by atoms with van der Waals surface area (Å²) >= 11 is 0. The zero-order chi connectivity index (χ0) is 50.3. The van der Waals surface area contributed by atoms with Crippen molar-refractivity contribution in [2.24, 2.45) is 0 Å². The van der Waals surface area contributed by atoms with E-state index in [1.165, 1.54) is 151 Å². The van der Waals surface area contributed by atoms with E-state index in [2.05, 4.69) is 196 Å². The summed E-state index contributed by atoms with van der Waals surface area (Å²) in [6, 6.07) is 64.7. The molecule has 0 aliphatic heterocycles. The van der Waals surface area contributed by atoms with Crippen LogP contribution in [0.15, 0.2) is 158 Å². The van der Waals surface area contributed by atoms with Gasteiger partial charge in [-0.3, -0.25) is 0 Å². The van der Waals surface area contributed by atoms with Gasteiger partial charge in [0.2, 0.25) is 0 Å². The Labute approximate surface area is 441 Å². The van der Waals surface area contributed by atoms with E-state index in [0.717, 1.165) is 80.9 Å². The number of nitrogens with zero attached hydrogens (tertiary/aromatic N) is 2. The Morgan fingerprint density at radius 1 is 0.400 bits per heavy atom. The number of aryl methyl sites for hydroxylation is 4. The average Bonchev–Trinajstić information content (AvgIpc) is 4.38. The molecule has 0 saturated carbocycles. The van der Waals surface area contributed by atoms with Gasteiger partial charge in [-0.25, -0.2) is 0 Å². The molecule has 2 spiro atoms. The average molecular weight is 967 g/mol. The van der Waals surface area contributed by atoms with Crippen molar-refractivity contribution in [1.82, 2.24) is 4.40 Å². The molecule has 75 heavy (non-hydrogen) atoms. The smallest absolute Gasteiger partial charge is 0.0996 e. The summed E-state index contributed by atoms with van der Waals surface area (Å²) in [6.07, 6.45) is 13.3. The van der Waals surface area contributed by atoms with Crippen molar-refractivity contribution in [3.05, 3.63) is 230 Å². The summed E-state index contributed by atoms with van der Waals surface area (Å²) in [5.74, 6) is 0. The molecule has 364 valence electrons. The fourth-order valence-electron chi connectivity index (χ4n) is 15.8. The second kappa shape index (κ2) is 16.6. The summed E-state index contributed by atoms with van der Waals surface area (Å²) in [6.45, 7) is 9.28. The number of rotatable bonds is 12. The Morgan fingerprint density at radius 3 is 1.59 bits per heavy atom. The molecule has 1 atom stereocenters. The van der Waals surface area contributed by atoms with Crippen LogP contribution in [0.3, 0.4) is 0 Å². The predicted molar refractivity (Wildman–Crippen MR) is 313 cm³/mol. The van der Waals surface area contributed by atoms with Gasteiger partial charge in [0.25, 0.3) is 0 Å². The molecular formula is C73H62N2. The van der Waals surface area contributed by atoms with E-state index in [-0.39, 0.29) is 0 Å². The second-order valence-corrected chi connectivity index (χ2v) is 22.5. The summed E-state index contributed by atoms with van der Waals surface area (Å²) in [5.41, 5.74) is 30.4. The molecule has 0 radical (unpaired) electrons. The van der Waals surface area contributed by atoms with E-state index < -0.39 is 10.8 Å². The van der Waals surface area contributed by atoms with Crippen LogP contribution in [-0.2, 0) is 36.5 Å². The van der Waals surface area contributed by atoms with Crippen LogP contribution in [0, 0.1) is 11.3 Å². The Bertz CT molecular complexity index is 4220. The van der Waals surface area contributed by atoms with Crippen molar-refractivity contribution < 1.29 is 0 Å². The van der Waals surface area contributed by atoms with Crippen molar-refractivity contribution >= 4 is 38.1 Å². The van der Waals surface area contributed by atoms with Crippen molar-refractivity contribution in [1.29, 1.82) is 5.26 Å². The Morgan fingerprint density at radius 2 is 0.933 bits per heavy atom. The van der Waals surface area contributed by atoms with E-state index in [1.54, 1.807) is 0 Å². The molecule has 11 aromatic rings. The van der Waals surface area contributed by atoms with Crippen LogP contribution in [0.1, 0.15) is 151 Å². The Kier molecular flexibility index (Phi) is 9.92. The minimum Gasteiger partial charge on any atom is -0.308 e. The van der Waals surface area contributed by atoms with E-state index in [9.17, 15) is 5.26 Å². The van der Waals surface area contributed by atoms with E-state index in [1.807, 2.05) is 0 Å². The first kappa shape index (κ1) is 44.7. The molecule has 2 heterocycles. The minimum absolute atomic E-state index is 0.450.